The number of nitrogens with one attached hydrogen (secondary N) is 1. The van der Waals surface area contributed by atoms with Crippen molar-refractivity contribution >= 4 is 11.8 Å². The first-order valence-electron chi connectivity index (χ1n) is 8.60. The van der Waals surface area contributed by atoms with Gasteiger partial charge in [-0.1, -0.05) is 12.1 Å². The van der Waals surface area contributed by atoms with Gasteiger partial charge in [0.15, 0.2) is 5.76 Å². The molecule has 1 fully saturated rings. The van der Waals surface area contributed by atoms with Crippen LogP contribution in [0.25, 0.3) is 0 Å². The summed E-state index contributed by atoms with van der Waals surface area (Å²) in [7, 11) is 1.66. The third-order valence-electron chi connectivity index (χ3n) is 4.44. The van der Waals surface area contributed by atoms with E-state index in [4.69, 9.17) is 9.15 Å². The minimum atomic E-state index is -0.374. The average molecular weight is 357 g/mol. The van der Waals surface area contributed by atoms with Crippen molar-refractivity contribution in [2.75, 3.05) is 39.8 Å². The number of nitrogens with zero attached hydrogens (tertiary/aromatic N) is 2. The highest BCUT2D eigenvalue weighted by molar-refractivity contribution is 5.94. The molecule has 1 N–H and O–H groups in total. The van der Waals surface area contributed by atoms with E-state index >= 15 is 0 Å². The van der Waals surface area contributed by atoms with Gasteiger partial charge in [0.05, 0.1) is 19.9 Å². The molecule has 7 heteroatoms. The maximum Gasteiger partial charge on any atom is 0.287 e. The third kappa shape index (κ3) is 4.64. The van der Waals surface area contributed by atoms with E-state index in [0.717, 1.165) is 25.4 Å². The summed E-state index contributed by atoms with van der Waals surface area (Å²) < 4.78 is 10.2. The zero-order valence-electron chi connectivity index (χ0n) is 14.8. The van der Waals surface area contributed by atoms with Gasteiger partial charge in [0.2, 0.25) is 5.91 Å². The lowest BCUT2D eigenvalue weighted by atomic mass is 10.2. The third-order valence-corrected chi connectivity index (χ3v) is 4.44. The van der Waals surface area contributed by atoms with Gasteiger partial charge in [-0.3, -0.25) is 14.5 Å². The summed E-state index contributed by atoms with van der Waals surface area (Å²) in [5.41, 5.74) is 1.22. The maximum atomic E-state index is 12.3. The fourth-order valence-corrected chi connectivity index (χ4v) is 2.91. The molecule has 1 aliphatic rings. The van der Waals surface area contributed by atoms with Gasteiger partial charge in [0.1, 0.15) is 5.75 Å². The Kier molecular flexibility index (Phi) is 5.91. The Morgan fingerprint density at radius 2 is 1.85 bits per heavy atom. The molecule has 2 heterocycles. The highest BCUT2D eigenvalue weighted by atomic mass is 16.5. The van der Waals surface area contributed by atoms with Crippen molar-refractivity contribution in [3.8, 4) is 5.75 Å². The molecule has 7 nitrogen and oxygen atoms in total. The fraction of sp³-hybridized carbons (Fsp3) is 0.368. The van der Waals surface area contributed by atoms with Gasteiger partial charge in [-0.15, -0.1) is 0 Å². The molecular weight excluding hydrogens is 334 g/mol. The van der Waals surface area contributed by atoms with Crippen LogP contribution in [0.1, 0.15) is 16.1 Å². The number of piperazine rings is 1. The van der Waals surface area contributed by atoms with E-state index in [-0.39, 0.29) is 24.1 Å². The van der Waals surface area contributed by atoms with Gasteiger partial charge in [-0.05, 0) is 29.8 Å². The maximum absolute atomic E-state index is 12.3. The van der Waals surface area contributed by atoms with Crippen molar-refractivity contribution in [1.82, 2.24) is 15.1 Å². The molecule has 0 atom stereocenters. The predicted molar refractivity (Wildman–Crippen MR) is 95.9 cm³/mol. The first-order chi connectivity index (χ1) is 12.7. The van der Waals surface area contributed by atoms with Crippen molar-refractivity contribution in [3.63, 3.8) is 0 Å². The molecule has 0 saturated carbocycles. The molecule has 1 aliphatic heterocycles. The van der Waals surface area contributed by atoms with Gasteiger partial charge >= 0.3 is 0 Å². The highest BCUT2D eigenvalue weighted by Crippen LogP contribution is 2.14. The van der Waals surface area contributed by atoms with Gasteiger partial charge in [0.25, 0.3) is 5.91 Å². The molecule has 0 spiro atoms. The monoisotopic (exact) mass is 357 g/mol. The Hall–Kier alpha value is -2.80. The minimum absolute atomic E-state index is 0.0159. The molecule has 3 rings (SSSR count). The normalized spacial score (nSPS) is 14.9. The Morgan fingerprint density at radius 3 is 2.46 bits per heavy atom. The van der Waals surface area contributed by atoms with E-state index in [1.54, 1.807) is 24.1 Å². The van der Waals surface area contributed by atoms with Gasteiger partial charge in [-0.25, -0.2) is 0 Å². The molecule has 1 aromatic carbocycles. The molecule has 1 aromatic heterocycles. The molecule has 26 heavy (non-hydrogen) atoms. The summed E-state index contributed by atoms with van der Waals surface area (Å²) in [6.45, 7) is 3.77. The average Bonchev–Trinajstić information content (AvgIpc) is 3.22. The molecule has 0 aliphatic carbocycles. The molecule has 0 unspecified atom stereocenters. The number of benzene rings is 1. The lowest BCUT2D eigenvalue weighted by Gasteiger charge is -2.34. The van der Waals surface area contributed by atoms with E-state index in [1.165, 1.54) is 11.8 Å². The number of methoxy groups -OCH3 is 1. The topological polar surface area (TPSA) is 75.0 Å². The smallest absolute Gasteiger partial charge is 0.287 e. The van der Waals surface area contributed by atoms with E-state index < -0.39 is 0 Å². The zero-order chi connectivity index (χ0) is 18.4. The second-order valence-corrected chi connectivity index (χ2v) is 6.16. The van der Waals surface area contributed by atoms with Crippen molar-refractivity contribution in [2.24, 2.45) is 0 Å². The molecule has 1 saturated heterocycles. The summed E-state index contributed by atoms with van der Waals surface area (Å²) in [6.07, 6.45) is 1.43. The number of hydrogen-bond acceptors (Lipinski definition) is 5. The lowest BCUT2D eigenvalue weighted by Crippen LogP contribution is -2.50. The number of ether oxygens (including phenoxy) is 1. The van der Waals surface area contributed by atoms with Gasteiger partial charge < -0.3 is 19.4 Å². The molecule has 138 valence electrons. The number of hydrogen-bond donors (Lipinski definition) is 1. The molecule has 2 amide bonds. The van der Waals surface area contributed by atoms with Crippen LogP contribution in [0, 0.1) is 0 Å². The summed E-state index contributed by atoms with van der Waals surface area (Å²) in [5.74, 6) is 0.610. The SMILES string of the molecule is COc1ccc(CN2CCN(C(=O)CNC(=O)c3ccco3)CC2)cc1. The molecule has 2 aromatic rings. The van der Waals surface area contributed by atoms with Crippen molar-refractivity contribution in [3.05, 3.63) is 54.0 Å². The van der Waals surface area contributed by atoms with E-state index in [0.29, 0.717) is 13.1 Å². The fourth-order valence-electron chi connectivity index (χ4n) is 2.91. The van der Waals surface area contributed by atoms with Crippen LogP contribution < -0.4 is 10.1 Å². The predicted octanol–water partition coefficient (Wildman–Crippen LogP) is 1.36. The number of furan rings is 1. The molecule has 0 radical (unpaired) electrons. The van der Waals surface area contributed by atoms with Crippen molar-refractivity contribution in [1.29, 1.82) is 0 Å². The van der Waals surface area contributed by atoms with Crippen LogP contribution in [0.4, 0.5) is 0 Å². The summed E-state index contributed by atoms with van der Waals surface area (Å²) in [4.78, 5) is 28.2. The first kappa shape index (κ1) is 18.0. The Balaban J connectivity index is 1.41. The quantitative estimate of drug-likeness (QED) is 0.845. The van der Waals surface area contributed by atoms with Crippen LogP contribution in [0.5, 0.6) is 5.75 Å². The van der Waals surface area contributed by atoms with Crippen LogP contribution in [0.3, 0.4) is 0 Å². The Morgan fingerprint density at radius 1 is 1.12 bits per heavy atom. The van der Waals surface area contributed by atoms with Crippen molar-refractivity contribution < 1.29 is 18.7 Å². The van der Waals surface area contributed by atoms with Crippen LogP contribution >= 0.6 is 0 Å². The second-order valence-electron chi connectivity index (χ2n) is 6.16. The number of carbonyl (C=O) groups excluding carboxylic acids is 2. The van der Waals surface area contributed by atoms with E-state index in [9.17, 15) is 9.59 Å². The van der Waals surface area contributed by atoms with Crippen LogP contribution in [-0.2, 0) is 11.3 Å². The zero-order valence-corrected chi connectivity index (χ0v) is 14.8. The molecular formula is C19H23N3O4. The minimum Gasteiger partial charge on any atom is -0.497 e. The largest absolute Gasteiger partial charge is 0.497 e. The van der Waals surface area contributed by atoms with Crippen LogP contribution in [-0.4, -0.2) is 61.4 Å². The van der Waals surface area contributed by atoms with Gasteiger partial charge in [-0.2, -0.15) is 0 Å². The Bertz CT molecular complexity index is 720. The summed E-state index contributed by atoms with van der Waals surface area (Å²) in [5, 5.41) is 2.59. The van der Waals surface area contributed by atoms with Crippen LogP contribution in [0.2, 0.25) is 0 Å². The number of carbonyl (C=O) groups is 2. The highest BCUT2D eigenvalue weighted by Gasteiger charge is 2.21. The number of rotatable bonds is 6. The first-order valence-corrected chi connectivity index (χ1v) is 8.60. The number of amides is 2. The van der Waals surface area contributed by atoms with Crippen molar-refractivity contribution in [2.45, 2.75) is 6.54 Å². The van der Waals surface area contributed by atoms with E-state index in [2.05, 4.69) is 22.3 Å². The molecule has 0 bridgehead atoms. The van der Waals surface area contributed by atoms with Crippen LogP contribution in [0.15, 0.2) is 47.1 Å². The van der Waals surface area contributed by atoms with E-state index in [1.807, 2.05) is 12.1 Å². The summed E-state index contributed by atoms with van der Waals surface area (Å²) >= 11 is 0. The lowest BCUT2D eigenvalue weighted by molar-refractivity contribution is -0.131. The standard InChI is InChI=1S/C19H23N3O4/c1-25-16-6-4-15(5-7-16)14-21-8-10-22(11-9-21)18(23)13-20-19(24)17-3-2-12-26-17/h2-7,12H,8-11,13-14H2,1H3,(H,20,24). The summed E-state index contributed by atoms with van der Waals surface area (Å²) in [6, 6.07) is 11.2. The Labute approximate surface area is 152 Å². The second kappa shape index (κ2) is 8.53. The van der Waals surface area contributed by atoms with Gasteiger partial charge in [0, 0.05) is 32.7 Å².